The van der Waals surface area contributed by atoms with E-state index in [4.69, 9.17) is 4.74 Å². The number of rotatable bonds is 5. The summed E-state index contributed by atoms with van der Waals surface area (Å²) < 4.78 is 6.28. The largest absolute Gasteiger partial charge is 0.497 e. The highest BCUT2D eigenvalue weighted by Gasteiger charge is 2.24. The second kappa shape index (κ2) is 8.37. The molecule has 1 fully saturated rings. The van der Waals surface area contributed by atoms with Gasteiger partial charge in [0.1, 0.15) is 5.75 Å². The summed E-state index contributed by atoms with van der Waals surface area (Å²) in [6.45, 7) is 2.27. The van der Waals surface area contributed by atoms with Gasteiger partial charge in [0.25, 0.3) is 0 Å². The Morgan fingerprint density at radius 2 is 2.04 bits per heavy atom. The number of nitrogens with one attached hydrogen (secondary N) is 2. The maximum absolute atomic E-state index is 12.4. The number of aromatic nitrogens is 1. The molecule has 3 aromatic rings. The zero-order valence-corrected chi connectivity index (χ0v) is 17.5. The Kier molecular flexibility index (Phi) is 5.69. The molecule has 6 heteroatoms. The second-order valence-electron chi connectivity index (χ2n) is 7.23. The first-order valence-electron chi connectivity index (χ1n) is 9.56. The monoisotopic (exact) mass is 441 g/mol. The van der Waals surface area contributed by atoms with Gasteiger partial charge in [0.05, 0.1) is 19.3 Å². The van der Waals surface area contributed by atoms with Crippen LogP contribution < -0.4 is 10.1 Å². The highest BCUT2D eigenvalue weighted by Crippen LogP contribution is 2.34. The molecule has 28 heavy (non-hydrogen) atoms. The fourth-order valence-electron chi connectivity index (χ4n) is 3.94. The van der Waals surface area contributed by atoms with Gasteiger partial charge in [-0.15, -0.1) is 0 Å². The fraction of sp³-hybridized carbons (Fsp3) is 0.318. The van der Waals surface area contributed by atoms with Gasteiger partial charge in [-0.05, 0) is 83.7 Å². The fourth-order valence-corrected chi connectivity index (χ4v) is 4.33. The van der Waals surface area contributed by atoms with E-state index >= 15 is 0 Å². The Bertz CT molecular complexity index is 977. The van der Waals surface area contributed by atoms with E-state index in [-0.39, 0.29) is 5.91 Å². The van der Waals surface area contributed by atoms with Crippen molar-refractivity contribution in [2.45, 2.75) is 18.8 Å². The van der Waals surface area contributed by atoms with Crippen LogP contribution in [0.3, 0.4) is 0 Å². The van der Waals surface area contributed by atoms with Crippen LogP contribution in [0.1, 0.15) is 24.3 Å². The number of amides is 1. The van der Waals surface area contributed by atoms with Crippen LogP contribution in [-0.4, -0.2) is 42.5 Å². The van der Waals surface area contributed by atoms with Crippen LogP contribution in [0.25, 0.3) is 10.9 Å². The summed E-state index contributed by atoms with van der Waals surface area (Å²) in [5, 5.41) is 4.23. The Morgan fingerprint density at radius 3 is 2.79 bits per heavy atom. The van der Waals surface area contributed by atoms with Gasteiger partial charge >= 0.3 is 0 Å². The van der Waals surface area contributed by atoms with Gasteiger partial charge in [-0.25, -0.2) is 0 Å². The van der Waals surface area contributed by atoms with Crippen molar-refractivity contribution in [3.63, 3.8) is 0 Å². The lowest BCUT2D eigenvalue weighted by Gasteiger charge is -2.31. The number of H-pyrrole nitrogens is 1. The molecule has 1 saturated heterocycles. The third-order valence-electron chi connectivity index (χ3n) is 5.46. The van der Waals surface area contributed by atoms with Crippen LogP contribution >= 0.6 is 15.9 Å². The molecule has 1 aromatic heterocycles. The molecule has 1 aliphatic rings. The topological polar surface area (TPSA) is 57.4 Å². The number of aromatic amines is 1. The molecule has 1 amide bonds. The highest BCUT2D eigenvalue weighted by molar-refractivity contribution is 9.10. The summed E-state index contributed by atoms with van der Waals surface area (Å²) in [5.74, 6) is 1.42. The highest BCUT2D eigenvalue weighted by atomic mass is 79.9. The lowest BCUT2D eigenvalue weighted by molar-refractivity contribution is -0.117. The minimum Gasteiger partial charge on any atom is -0.497 e. The molecule has 146 valence electrons. The van der Waals surface area contributed by atoms with Crippen LogP contribution in [0.5, 0.6) is 5.75 Å². The summed E-state index contributed by atoms with van der Waals surface area (Å²) in [5.41, 5.74) is 3.31. The van der Waals surface area contributed by atoms with E-state index in [0.29, 0.717) is 12.5 Å². The van der Waals surface area contributed by atoms with Crippen LogP contribution in [0.15, 0.2) is 53.1 Å². The molecule has 4 rings (SSSR count). The van der Waals surface area contributed by atoms with Crippen molar-refractivity contribution in [2.75, 3.05) is 32.1 Å². The van der Waals surface area contributed by atoms with E-state index in [1.54, 1.807) is 7.11 Å². The lowest BCUT2D eigenvalue weighted by Crippen LogP contribution is -2.38. The van der Waals surface area contributed by atoms with Crippen molar-refractivity contribution in [2.24, 2.45) is 0 Å². The van der Waals surface area contributed by atoms with Gasteiger partial charge in [0.15, 0.2) is 0 Å². The van der Waals surface area contributed by atoms with Crippen molar-refractivity contribution in [1.29, 1.82) is 0 Å². The lowest BCUT2D eigenvalue weighted by atomic mass is 9.89. The van der Waals surface area contributed by atoms with E-state index in [2.05, 4.69) is 49.5 Å². The number of para-hydroxylation sites is 1. The Labute approximate surface area is 173 Å². The summed E-state index contributed by atoms with van der Waals surface area (Å²) in [6, 6.07) is 13.8. The number of carbonyl (C=O) groups excluding carboxylic acids is 1. The van der Waals surface area contributed by atoms with Crippen molar-refractivity contribution < 1.29 is 9.53 Å². The molecule has 0 bridgehead atoms. The maximum atomic E-state index is 12.4. The van der Waals surface area contributed by atoms with Gasteiger partial charge in [-0.3, -0.25) is 9.69 Å². The van der Waals surface area contributed by atoms with E-state index < -0.39 is 0 Å². The van der Waals surface area contributed by atoms with E-state index in [1.165, 1.54) is 10.9 Å². The summed E-state index contributed by atoms with van der Waals surface area (Å²) in [7, 11) is 1.70. The number of ether oxygens (including phenoxy) is 1. The van der Waals surface area contributed by atoms with Crippen molar-refractivity contribution in [3.05, 3.63) is 58.7 Å². The second-order valence-corrected chi connectivity index (χ2v) is 8.09. The van der Waals surface area contributed by atoms with Gasteiger partial charge in [-0.2, -0.15) is 0 Å². The van der Waals surface area contributed by atoms with Crippen LogP contribution in [0.4, 0.5) is 5.69 Å². The predicted molar refractivity (Wildman–Crippen MR) is 116 cm³/mol. The number of fused-ring (bicyclic) bond motifs is 1. The Balaban J connectivity index is 1.36. The van der Waals surface area contributed by atoms with Crippen LogP contribution in [0, 0.1) is 0 Å². The number of hydrogen-bond acceptors (Lipinski definition) is 3. The number of likely N-dealkylation sites (tertiary alicyclic amines) is 1. The van der Waals surface area contributed by atoms with E-state index in [9.17, 15) is 4.79 Å². The summed E-state index contributed by atoms with van der Waals surface area (Å²) in [6.07, 6.45) is 4.23. The standard InChI is InChI=1S/C22H24BrN3O2/c1-28-16-6-7-20-17(12-16)18(13-24-20)15-8-10-26(11-9-15)14-22(27)25-21-5-3-2-4-19(21)23/h2-7,12-13,15,24H,8-11,14H2,1H3,(H,25,27). The molecular weight excluding hydrogens is 418 g/mol. The molecule has 2 heterocycles. The van der Waals surface area contributed by atoms with Gasteiger partial charge in [-0.1, -0.05) is 12.1 Å². The van der Waals surface area contributed by atoms with Gasteiger partial charge < -0.3 is 15.0 Å². The molecule has 0 atom stereocenters. The zero-order valence-electron chi connectivity index (χ0n) is 15.9. The smallest absolute Gasteiger partial charge is 0.238 e. The maximum Gasteiger partial charge on any atom is 0.238 e. The predicted octanol–water partition coefficient (Wildman–Crippen LogP) is 4.76. The number of methoxy groups -OCH3 is 1. The van der Waals surface area contributed by atoms with Gasteiger partial charge in [0.2, 0.25) is 5.91 Å². The first-order chi connectivity index (χ1) is 13.6. The average Bonchev–Trinajstić information content (AvgIpc) is 3.13. The minimum atomic E-state index is 0.0298. The number of piperidine rings is 1. The molecule has 0 unspecified atom stereocenters. The number of halogens is 1. The van der Waals surface area contributed by atoms with Crippen LogP contribution in [0.2, 0.25) is 0 Å². The van der Waals surface area contributed by atoms with Crippen molar-refractivity contribution >= 4 is 38.4 Å². The minimum absolute atomic E-state index is 0.0298. The molecule has 2 aromatic carbocycles. The summed E-state index contributed by atoms with van der Waals surface area (Å²) >= 11 is 3.47. The third kappa shape index (κ3) is 4.08. The molecule has 0 spiro atoms. The Morgan fingerprint density at radius 1 is 1.25 bits per heavy atom. The van der Waals surface area contributed by atoms with E-state index in [1.807, 2.05) is 30.3 Å². The van der Waals surface area contributed by atoms with Crippen LogP contribution in [-0.2, 0) is 4.79 Å². The SMILES string of the molecule is COc1ccc2[nH]cc(C3CCN(CC(=O)Nc4ccccc4Br)CC3)c2c1. The molecule has 2 N–H and O–H groups in total. The third-order valence-corrected chi connectivity index (χ3v) is 6.15. The quantitative estimate of drug-likeness (QED) is 0.599. The van der Waals surface area contributed by atoms with Crippen molar-refractivity contribution in [1.82, 2.24) is 9.88 Å². The van der Waals surface area contributed by atoms with Crippen molar-refractivity contribution in [3.8, 4) is 5.75 Å². The average molecular weight is 442 g/mol. The first-order valence-corrected chi connectivity index (χ1v) is 10.3. The molecular formula is C22H24BrN3O2. The summed E-state index contributed by atoms with van der Waals surface area (Å²) in [4.78, 5) is 18.0. The van der Waals surface area contributed by atoms with Gasteiger partial charge in [0, 0.05) is 21.6 Å². The molecule has 0 aliphatic carbocycles. The number of benzene rings is 2. The first kappa shape index (κ1) is 19.0. The zero-order chi connectivity index (χ0) is 19.5. The molecule has 1 aliphatic heterocycles. The number of carbonyl (C=O) groups is 1. The molecule has 5 nitrogen and oxygen atoms in total. The Hall–Kier alpha value is -2.31. The number of nitrogens with zero attached hydrogens (tertiary/aromatic N) is 1. The molecule has 0 radical (unpaired) electrons. The molecule has 0 saturated carbocycles. The number of hydrogen-bond donors (Lipinski definition) is 2. The van der Waals surface area contributed by atoms with E-state index in [0.717, 1.165) is 47.4 Å². The normalized spacial score (nSPS) is 15.6. The number of anilines is 1.